The van der Waals surface area contributed by atoms with Gasteiger partial charge >= 0.3 is 0 Å². The Morgan fingerprint density at radius 2 is 1.88 bits per heavy atom. The molecule has 0 fully saturated rings. The molecule has 1 aromatic carbocycles. The second-order valence-electron chi connectivity index (χ2n) is 3.27. The van der Waals surface area contributed by atoms with Crippen molar-refractivity contribution in [2.75, 3.05) is 14.2 Å². The maximum absolute atomic E-state index is 5.70. The first-order valence-electron chi connectivity index (χ1n) is 4.95. The average Bonchev–Trinajstić information content (AvgIpc) is 2.38. The quantitative estimate of drug-likeness (QED) is 0.840. The molecule has 2 aromatic rings. The van der Waals surface area contributed by atoms with Crippen molar-refractivity contribution in [3.63, 3.8) is 0 Å². The molecule has 1 heterocycles. The Morgan fingerprint density at radius 1 is 1.06 bits per heavy atom. The molecule has 0 radical (unpaired) electrons. The third kappa shape index (κ3) is 2.31. The van der Waals surface area contributed by atoms with Crippen LogP contribution in [-0.2, 0) is 0 Å². The van der Waals surface area contributed by atoms with Crippen molar-refractivity contribution in [2.45, 2.75) is 0 Å². The summed E-state index contributed by atoms with van der Waals surface area (Å²) in [6, 6.07) is 5.58. The SMILES string of the molecule is COc1cccc(-c2cnc(Cl)cn2)c1OC. The summed E-state index contributed by atoms with van der Waals surface area (Å²) in [5.41, 5.74) is 1.50. The van der Waals surface area contributed by atoms with E-state index in [2.05, 4.69) is 9.97 Å². The third-order valence-corrected chi connectivity index (χ3v) is 2.49. The lowest BCUT2D eigenvalue weighted by Gasteiger charge is -2.11. The minimum atomic E-state index is 0.357. The third-order valence-electron chi connectivity index (χ3n) is 2.30. The van der Waals surface area contributed by atoms with Crippen molar-refractivity contribution in [3.8, 4) is 22.8 Å². The Labute approximate surface area is 104 Å². The minimum absolute atomic E-state index is 0.357. The number of hydrogen-bond acceptors (Lipinski definition) is 4. The Morgan fingerprint density at radius 3 is 2.47 bits per heavy atom. The van der Waals surface area contributed by atoms with Gasteiger partial charge in [-0.3, -0.25) is 4.98 Å². The lowest BCUT2D eigenvalue weighted by molar-refractivity contribution is 0.356. The molecule has 0 aliphatic rings. The highest BCUT2D eigenvalue weighted by molar-refractivity contribution is 6.29. The van der Waals surface area contributed by atoms with Crippen LogP contribution in [0, 0.1) is 0 Å². The second-order valence-corrected chi connectivity index (χ2v) is 3.65. The van der Waals surface area contributed by atoms with Gasteiger partial charge in [-0.25, -0.2) is 4.98 Å². The molecule has 0 amide bonds. The zero-order chi connectivity index (χ0) is 12.3. The molecule has 17 heavy (non-hydrogen) atoms. The number of para-hydroxylation sites is 1. The van der Waals surface area contributed by atoms with Crippen LogP contribution in [0.3, 0.4) is 0 Å². The van der Waals surface area contributed by atoms with Crippen LogP contribution < -0.4 is 9.47 Å². The summed E-state index contributed by atoms with van der Waals surface area (Å²) in [6.07, 6.45) is 3.09. The highest BCUT2D eigenvalue weighted by Crippen LogP contribution is 2.36. The Kier molecular flexibility index (Phi) is 3.44. The fourth-order valence-corrected chi connectivity index (χ4v) is 1.64. The molecule has 0 unspecified atom stereocenters. The molecule has 0 saturated carbocycles. The molecule has 4 nitrogen and oxygen atoms in total. The van der Waals surface area contributed by atoms with Crippen LogP contribution in [0.4, 0.5) is 0 Å². The van der Waals surface area contributed by atoms with E-state index in [0.29, 0.717) is 22.3 Å². The van der Waals surface area contributed by atoms with Crippen LogP contribution in [0.1, 0.15) is 0 Å². The second kappa shape index (κ2) is 5.01. The largest absolute Gasteiger partial charge is 0.493 e. The van der Waals surface area contributed by atoms with Gasteiger partial charge in [0.05, 0.1) is 32.3 Å². The van der Waals surface area contributed by atoms with Crippen molar-refractivity contribution in [1.29, 1.82) is 0 Å². The summed E-state index contributed by atoms with van der Waals surface area (Å²) < 4.78 is 10.5. The molecule has 0 aliphatic carbocycles. The van der Waals surface area contributed by atoms with E-state index in [0.717, 1.165) is 5.56 Å². The number of hydrogen-bond donors (Lipinski definition) is 0. The van der Waals surface area contributed by atoms with Crippen LogP contribution in [0.25, 0.3) is 11.3 Å². The first-order valence-corrected chi connectivity index (χ1v) is 5.33. The predicted octanol–water partition coefficient (Wildman–Crippen LogP) is 2.81. The summed E-state index contributed by atoms with van der Waals surface area (Å²) in [6.45, 7) is 0. The molecular formula is C12H11ClN2O2. The lowest BCUT2D eigenvalue weighted by Crippen LogP contribution is -1.94. The van der Waals surface area contributed by atoms with E-state index in [4.69, 9.17) is 21.1 Å². The van der Waals surface area contributed by atoms with Crippen molar-refractivity contribution < 1.29 is 9.47 Å². The Hall–Kier alpha value is -1.81. The van der Waals surface area contributed by atoms with E-state index in [1.807, 2.05) is 18.2 Å². The summed E-state index contributed by atoms with van der Waals surface area (Å²) in [7, 11) is 3.18. The minimum Gasteiger partial charge on any atom is -0.493 e. The molecule has 0 atom stereocenters. The van der Waals surface area contributed by atoms with Crippen molar-refractivity contribution in [2.24, 2.45) is 0 Å². The molecule has 0 spiro atoms. The maximum Gasteiger partial charge on any atom is 0.170 e. The van der Waals surface area contributed by atoms with Gasteiger partial charge in [0.15, 0.2) is 11.5 Å². The molecule has 2 rings (SSSR count). The zero-order valence-corrected chi connectivity index (χ0v) is 10.2. The fraction of sp³-hybridized carbons (Fsp3) is 0.167. The molecule has 0 saturated heterocycles. The first-order chi connectivity index (χ1) is 8.26. The number of halogens is 1. The first kappa shape index (κ1) is 11.7. The van der Waals surface area contributed by atoms with Gasteiger partial charge in [-0.15, -0.1) is 0 Å². The van der Waals surface area contributed by atoms with Crippen molar-refractivity contribution in [1.82, 2.24) is 9.97 Å². The highest BCUT2D eigenvalue weighted by Gasteiger charge is 2.12. The topological polar surface area (TPSA) is 44.2 Å². The van der Waals surface area contributed by atoms with Gasteiger partial charge < -0.3 is 9.47 Å². The van der Waals surface area contributed by atoms with Crippen LogP contribution in [0.15, 0.2) is 30.6 Å². The maximum atomic E-state index is 5.70. The summed E-state index contributed by atoms with van der Waals surface area (Å²) >= 11 is 5.70. The molecule has 0 bridgehead atoms. The molecule has 0 N–H and O–H groups in total. The lowest BCUT2D eigenvalue weighted by atomic mass is 10.1. The number of methoxy groups -OCH3 is 2. The van der Waals surface area contributed by atoms with Crippen LogP contribution in [-0.4, -0.2) is 24.2 Å². The standard InChI is InChI=1S/C12H11ClN2O2/c1-16-10-5-3-4-8(12(10)17-2)9-6-15-11(13)7-14-9/h3-7H,1-2H3. The number of aromatic nitrogens is 2. The highest BCUT2D eigenvalue weighted by atomic mass is 35.5. The average molecular weight is 251 g/mol. The van der Waals surface area contributed by atoms with Gasteiger partial charge in [0.25, 0.3) is 0 Å². The van der Waals surface area contributed by atoms with Crippen LogP contribution >= 0.6 is 11.6 Å². The van der Waals surface area contributed by atoms with E-state index in [9.17, 15) is 0 Å². The molecule has 5 heteroatoms. The summed E-state index contributed by atoms with van der Waals surface area (Å²) in [5.74, 6) is 1.29. The van der Waals surface area contributed by atoms with Gasteiger partial charge in [-0.05, 0) is 12.1 Å². The van der Waals surface area contributed by atoms with Gasteiger partial charge in [-0.1, -0.05) is 17.7 Å². The molecule has 0 aliphatic heterocycles. The van der Waals surface area contributed by atoms with E-state index in [1.165, 1.54) is 6.20 Å². The van der Waals surface area contributed by atoms with E-state index in [-0.39, 0.29) is 0 Å². The van der Waals surface area contributed by atoms with E-state index < -0.39 is 0 Å². The van der Waals surface area contributed by atoms with Crippen LogP contribution in [0.5, 0.6) is 11.5 Å². The Bertz CT molecular complexity index is 514. The number of benzene rings is 1. The van der Waals surface area contributed by atoms with Crippen molar-refractivity contribution >= 4 is 11.6 Å². The molecule has 1 aromatic heterocycles. The van der Waals surface area contributed by atoms with Crippen LogP contribution in [0.2, 0.25) is 5.15 Å². The monoisotopic (exact) mass is 250 g/mol. The number of ether oxygens (including phenoxy) is 2. The number of nitrogens with zero attached hydrogens (tertiary/aromatic N) is 2. The van der Waals surface area contributed by atoms with Gasteiger partial charge in [0.1, 0.15) is 5.15 Å². The van der Waals surface area contributed by atoms with E-state index in [1.54, 1.807) is 20.4 Å². The Balaban J connectivity index is 2.54. The normalized spacial score (nSPS) is 10.1. The van der Waals surface area contributed by atoms with E-state index >= 15 is 0 Å². The number of rotatable bonds is 3. The fourth-order valence-electron chi connectivity index (χ4n) is 1.54. The predicted molar refractivity (Wildman–Crippen MR) is 65.6 cm³/mol. The zero-order valence-electron chi connectivity index (χ0n) is 9.48. The van der Waals surface area contributed by atoms with Crippen molar-refractivity contribution in [3.05, 3.63) is 35.7 Å². The summed E-state index contributed by atoms with van der Waals surface area (Å²) in [5, 5.41) is 0.357. The summed E-state index contributed by atoms with van der Waals surface area (Å²) in [4.78, 5) is 8.20. The molecule has 88 valence electrons. The molecular weight excluding hydrogens is 240 g/mol. The van der Waals surface area contributed by atoms with Gasteiger partial charge in [0.2, 0.25) is 0 Å². The smallest absolute Gasteiger partial charge is 0.170 e. The van der Waals surface area contributed by atoms with Gasteiger partial charge in [0, 0.05) is 5.56 Å². The van der Waals surface area contributed by atoms with Gasteiger partial charge in [-0.2, -0.15) is 0 Å².